The van der Waals surface area contributed by atoms with E-state index in [-0.39, 0.29) is 5.57 Å². The molecule has 0 bridgehead atoms. The van der Waals surface area contributed by atoms with Crippen LogP contribution in [-0.2, 0) is 4.79 Å². The lowest BCUT2D eigenvalue weighted by atomic mass is 10.0. The zero-order chi connectivity index (χ0) is 17.6. The molecule has 1 amide bonds. The van der Waals surface area contributed by atoms with Gasteiger partial charge in [-0.15, -0.1) is 0 Å². The first-order valence-electron chi connectivity index (χ1n) is 7.77. The number of amides is 1. The minimum Gasteiger partial charge on any atom is -0.496 e. The van der Waals surface area contributed by atoms with Gasteiger partial charge in [0.15, 0.2) is 0 Å². The van der Waals surface area contributed by atoms with Crippen LogP contribution in [0.3, 0.4) is 0 Å². The first-order valence-corrected chi connectivity index (χ1v) is 7.77. The number of ether oxygens (including phenoxy) is 1. The fraction of sp³-hybridized carbons (Fsp3) is 0.0476. The van der Waals surface area contributed by atoms with Crippen molar-refractivity contribution in [3.8, 4) is 11.8 Å². The fourth-order valence-electron chi connectivity index (χ4n) is 2.62. The molecule has 0 atom stereocenters. The number of fused-ring (bicyclic) bond motifs is 1. The number of nitrogens with zero attached hydrogens (tertiary/aromatic N) is 1. The van der Waals surface area contributed by atoms with Crippen LogP contribution in [0.25, 0.3) is 16.8 Å². The van der Waals surface area contributed by atoms with Gasteiger partial charge in [0.1, 0.15) is 17.4 Å². The van der Waals surface area contributed by atoms with Gasteiger partial charge in [0.2, 0.25) is 0 Å². The summed E-state index contributed by atoms with van der Waals surface area (Å²) in [5, 5.41) is 14.1. The van der Waals surface area contributed by atoms with Crippen LogP contribution < -0.4 is 10.1 Å². The molecular weight excluding hydrogens is 312 g/mol. The van der Waals surface area contributed by atoms with E-state index in [4.69, 9.17) is 4.74 Å². The van der Waals surface area contributed by atoms with Crippen molar-refractivity contribution in [1.29, 1.82) is 5.26 Å². The molecule has 1 N–H and O–H groups in total. The summed E-state index contributed by atoms with van der Waals surface area (Å²) in [7, 11) is 1.57. The SMILES string of the molecule is COc1ccc2ccccc2c1/C=C(/C#N)C(=O)Nc1ccccc1. The topological polar surface area (TPSA) is 62.1 Å². The Hall–Kier alpha value is -3.58. The molecule has 0 saturated heterocycles. The molecule has 0 spiro atoms. The third kappa shape index (κ3) is 3.51. The Morgan fingerprint density at radius 3 is 2.48 bits per heavy atom. The Morgan fingerprint density at radius 2 is 1.76 bits per heavy atom. The molecule has 0 aliphatic heterocycles. The van der Waals surface area contributed by atoms with E-state index in [1.54, 1.807) is 25.3 Å². The number of hydrogen-bond acceptors (Lipinski definition) is 3. The molecule has 0 unspecified atom stereocenters. The van der Waals surface area contributed by atoms with E-state index < -0.39 is 5.91 Å². The third-order valence-corrected chi connectivity index (χ3v) is 3.84. The largest absolute Gasteiger partial charge is 0.496 e. The van der Waals surface area contributed by atoms with E-state index in [0.29, 0.717) is 17.0 Å². The van der Waals surface area contributed by atoms with Crippen molar-refractivity contribution in [2.45, 2.75) is 0 Å². The zero-order valence-electron chi connectivity index (χ0n) is 13.7. The Balaban J connectivity index is 2.04. The van der Waals surface area contributed by atoms with Gasteiger partial charge in [-0.25, -0.2) is 0 Å². The molecule has 0 aliphatic rings. The molecule has 4 nitrogen and oxygen atoms in total. The number of hydrogen-bond donors (Lipinski definition) is 1. The van der Waals surface area contributed by atoms with Crippen molar-refractivity contribution >= 4 is 28.4 Å². The lowest BCUT2D eigenvalue weighted by molar-refractivity contribution is -0.112. The van der Waals surface area contributed by atoms with Crippen LogP contribution in [0.5, 0.6) is 5.75 Å². The second-order valence-corrected chi connectivity index (χ2v) is 5.39. The van der Waals surface area contributed by atoms with Gasteiger partial charge in [-0.3, -0.25) is 4.79 Å². The smallest absolute Gasteiger partial charge is 0.266 e. The lowest BCUT2D eigenvalue weighted by Gasteiger charge is -2.10. The molecule has 0 fully saturated rings. The lowest BCUT2D eigenvalue weighted by Crippen LogP contribution is -2.13. The second-order valence-electron chi connectivity index (χ2n) is 5.39. The highest BCUT2D eigenvalue weighted by Crippen LogP contribution is 2.30. The number of benzene rings is 3. The summed E-state index contributed by atoms with van der Waals surface area (Å²) >= 11 is 0. The minimum atomic E-state index is -0.455. The summed E-state index contributed by atoms with van der Waals surface area (Å²) in [6.07, 6.45) is 1.57. The Labute approximate surface area is 146 Å². The average molecular weight is 328 g/mol. The second kappa shape index (κ2) is 7.33. The standard InChI is InChI=1S/C21H16N2O2/c1-25-20-12-11-15-7-5-6-10-18(15)19(20)13-16(14-22)21(24)23-17-8-3-2-4-9-17/h2-13H,1H3,(H,23,24)/b16-13-. The van der Waals surface area contributed by atoms with Crippen LogP contribution in [0.1, 0.15) is 5.56 Å². The molecule has 3 aromatic rings. The molecule has 0 heterocycles. The van der Waals surface area contributed by atoms with Crippen molar-refractivity contribution in [3.63, 3.8) is 0 Å². The number of anilines is 1. The van der Waals surface area contributed by atoms with Crippen molar-refractivity contribution < 1.29 is 9.53 Å². The monoisotopic (exact) mass is 328 g/mol. The Kier molecular flexibility index (Phi) is 4.77. The van der Waals surface area contributed by atoms with Crippen LogP contribution >= 0.6 is 0 Å². The number of nitrogens with one attached hydrogen (secondary N) is 1. The number of nitriles is 1. The van der Waals surface area contributed by atoms with Crippen molar-refractivity contribution in [2.75, 3.05) is 12.4 Å². The van der Waals surface area contributed by atoms with E-state index in [2.05, 4.69) is 5.32 Å². The molecule has 3 rings (SSSR count). The third-order valence-electron chi connectivity index (χ3n) is 3.84. The van der Waals surface area contributed by atoms with E-state index in [1.807, 2.05) is 60.7 Å². The highest BCUT2D eigenvalue weighted by Gasteiger charge is 2.13. The van der Waals surface area contributed by atoms with Gasteiger partial charge >= 0.3 is 0 Å². The van der Waals surface area contributed by atoms with Crippen LogP contribution in [0.2, 0.25) is 0 Å². The normalized spacial score (nSPS) is 11.0. The van der Waals surface area contributed by atoms with Crippen molar-refractivity contribution in [3.05, 3.63) is 77.9 Å². The summed E-state index contributed by atoms with van der Waals surface area (Å²) in [6.45, 7) is 0. The van der Waals surface area contributed by atoms with Crippen LogP contribution in [0.15, 0.2) is 72.3 Å². The van der Waals surface area contributed by atoms with Gasteiger partial charge in [-0.05, 0) is 35.0 Å². The maximum Gasteiger partial charge on any atom is 0.266 e. The minimum absolute atomic E-state index is 0.0125. The number of carbonyl (C=O) groups is 1. The molecular formula is C21H16N2O2. The molecule has 0 radical (unpaired) electrons. The van der Waals surface area contributed by atoms with Gasteiger partial charge in [0.05, 0.1) is 7.11 Å². The summed E-state index contributed by atoms with van der Waals surface area (Å²) in [5.74, 6) is 0.155. The highest BCUT2D eigenvalue weighted by molar-refractivity contribution is 6.11. The van der Waals surface area contributed by atoms with Crippen LogP contribution in [0, 0.1) is 11.3 Å². The number of carbonyl (C=O) groups excluding carboxylic acids is 1. The summed E-state index contributed by atoms with van der Waals surface area (Å²) < 4.78 is 5.41. The van der Waals surface area contributed by atoms with Crippen LogP contribution in [-0.4, -0.2) is 13.0 Å². The summed E-state index contributed by atoms with van der Waals surface area (Å²) in [5.41, 5.74) is 1.36. The molecule has 4 heteroatoms. The van der Waals surface area contributed by atoms with Gasteiger partial charge in [-0.2, -0.15) is 5.26 Å². The predicted octanol–water partition coefficient (Wildman–Crippen LogP) is 4.39. The van der Waals surface area contributed by atoms with Crippen LogP contribution in [0.4, 0.5) is 5.69 Å². The van der Waals surface area contributed by atoms with Gasteiger partial charge < -0.3 is 10.1 Å². The summed E-state index contributed by atoms with van der Waals surface area (Å²) in [6, 6.07) is 22.6. The Morgan fingerprint density at radius 1 is 1.04 bits per heavy atom. The number of para-hydroxylation sites is 1. The number of methoxy groups -OCH3 is 1. The first-order chi connectivity index (χ1) is 12.2. The molecule has 0 aromatic heterocycles. The van der Waals surface area contributed by atoms with Crippen molar-refractivity contribution in [1.82, 2.24) is 0 Å². The molecule has 0 saturated carbocycles. The van der Waals surface area contributed by atoms with E-state index in [0.717, 1.165) is 10.8 Å². The maximum atomic E-state index is 12.4. The van der Waals surface area contributed by atoms with Gasteiger partial charge in [-0.1, -0.05) is 48.5 Å². The predicted molar refractivity (Wildman–Crippen MR) is 99.2 cm³/mol. The maximum absolute atomic E-state index is 12.4. The summed E-state index contributed by atoms with van der Waals surface area (Å²) in [4.78, 5) is 12.4. The van der Waals surface area contributed by atoms with E-state index in [1.165, 1.54) is 0 Å². The van der Waals surface area contributed by atoms with Gasteiger partial charge in [0, 0.05) is 11.3 Å². The van der Waals surface area contributed by atoms with E-state index >= 15 is 0 Å². The Bertz CT molecular complexity index is 986. The quantitative estimate of drug-likeness (QED) is 0.570. The zero-order valence-corrected chi connectivity index (χ0v) is 13.7. The molecule has 25 heavy (non-hydrogen) atoms. The molecule has 3 aromatic carbocycles. The van der Waals surface area contributed by atoms with Gasteiger partial charge in [0.25, 0.3) is 5.91 Å². The fourth-order valence-corrected chi connectivity index (χ4v) is 2.62. The highest BCUT2D eigenvalue weighted by atomic mass is 16.5. The number of rotatable bonds is 4. The van der Waals surface area contributed by atoms with E-state index in [9.17, 15) is 10.1 Å². The first kappa shape index (κ1) is 16.3. The molecule has 122 valence electrons. The average Bonchev–Trinajstić information content (AvgIpc) is 2.66. The van der Waals surface area contributed by atoms with Crippen molar-refractivity contribution in [2.24, 2.45) is 0 Å². The molecule has 0 aliphatic carbocycles.